The van der Waals surface area contributed by atoms with E-state index in [1.807, 2.05) is 37.3 Å². The van der Waals surface area contributed by atoms with Gasteiger partial charge in [0.05, 0.1) is 18.5 Å². The van der Waals surface area contributed by atoms with Gasteiger partial charge in [-0.15, -0.1) is 0 Å². The van der Waals surface area contributed by atoms with Gasteiger partial charge in [0.15, 0.2) is 0 Å². The zero-order valence-electron chi connectivity index (χ0n) is 25.1. The maximum absolute atomic E-state index is 14.0. The third kappa shape index (κ3) is 6.55. The molecule has 3 atom stereocenters. The van der Waals surface area contributed by atoms with Crippen LogP contribution in [0.1, 0.15) is 46.7 Å². The van der Waals surface area contributed by atoms with Gasteiger partial charge in [-0.2, -0.15) is 9.49 Å². The van der Waals surface area contributed by atoms with Crippen LogP contribution in [0.4, 0.5) is 15.0 Å². The van der Waals surface area contributed by atoms with Crippen molar-refractivity contribution in [1.82, 2.24) is 30.4 Å². The monoisotopic (exact) mass is 601 g/mol. The van der Waals surface area contributed by atoms with E-state index < -0.39 is 12.0 Å². The number of hydrogen-bond donors (Lipinski definition) is 3. The highest BCUT2D eigenvalue weighted by molar-refractivity contribution is 5.97. The molecule has 3 N–H and O–H groups in total. The van der Waals surface area contributed by atoms with Crippen LogP contribution in [-0.4, -0.2) is 65.6 Å². The number of amides is 3. The largest absolute Gasteiger partial charge is 0.480 e. The van der Waals surface area contributed by atoms with Crippen LogP contribution in [-0.2, 0) is 4.74 Å². The number of anilines is 1. The average Bonchev–Trinajstić information content (AvgIpc) is 3.59. The van der Waals surface area contributed by atoms with Gasteiger partial charge < -0.3 is 20.1 Å². The summed E-state index contributed by atoms with van der Waals surface area (Å²) in [5.41, 5.74) is 3.59. The van der Waals surface area contributed by atoms with Gasteiger partial charge in [0.2, 0.25) is 11.8 Å². The first kappa shape index (κ1) is 30.6. The topological polar surface area (TPSA) is 132 Å². The van der Waals surface area contributed by atoms with Gasteiger partial charge in [-0.05, 0) is 68.0 Å². The first-order chi connectivity index (χ1) is 21.3. The van der Waals surface area contributed by atoms with Gasteiger partial charge in [0.25, 0.3) is 5.91 Å². The minimum atomic E-state index is -0.548. The molecule has 11 nitrogen and oxygen atoms in total. The van der Waals surface area contributed by atoms with Crippen LogP contribution in [0, 0.1) is 18.8 Å². The lowest BCUT2D eigenvalue weighted by atomic mass is 9.94. The van der Waals surface area contributed by atoms with Crippen molar-refractivity contribution in [3.8, 4) is 22.8 Å². The lowest BCUT2D eigenvalue weighted by Crippen LogP contribution is -2.40. The maximum atomic E-state index is 14.0. The number of urea groups is 1. The van der Waals surface area contributed by atoms with E-state index in [0.717, 1.165) is 30.5 Å². The molecule has 230 valence electrons. The van der Waals surface area contributed by atoms with Crippen LogP contribution in [0.3, 0.4) is 0 Å². The summed E-state index contributed by atoms with van der Waals surface area (Å²) in [6.07, 6.45) is 5.40. The summed E-state index contributed by atoms with van der Waals surface area (Å²) in [7, 11) is 4.65. The molecule has 1 aliphatic rings. The Bertz CT molecular complexity index is 1630. The second-order valence-corrected chi connectivity index (χ2v) is 10.8. The van der Waals surface area contributed by atoms with Crippen molar-refractivity contribution in [3.05, 3.63) is 83.6 Å². The van der Waals surface area contributed by atoms with E-state index in [1.165, 1.54) is 26.4 Å². The highest BCUT2D eigenvalue weighted by Crippen LogP contribution is 2.40. The summed E-state index contributed by atoms with van der Waals surface area (Å²) in [5.74, 6) is -0.0194. The Morgan fingerprint density at radius 3 is 2.59 bits per heavy atom. The Kier molecular flexibility index (Phi) is 9.49. The molecule has 5 rings (SSSR count). The second-order valence-electron chi connectivity index (χ2n) is 10.8. The molecule has 3 aromatic heterocycles. The molecule has 3 amide bonds. The lowest BCUT2D eigenvalue weighted by Gasteiger charge is -2.22. The predicted octanol–water partition coefficient (Wildman–Crippen LogP) is 4.87. The van der Waals surface area contributed by atoms with E-state index in [9.17, 15) is 14.0 Å². The van der Waals surface area contributed by atoms with Gasteiger partial charge in [-0.25, -0.2) is 19.4 Å². The molecule has 0 spiro atoms. The lowest BCUT2D eigenvalue weighted by molar-refractivity contribution is 0.0959. The Morgan fingerprint density at radius 1 is 1.09 bits per heavy atom. The summed E-state index contributed by atoms with van der Waals surface area (Å²) < 4.78 is 26.3. The van der Waals surface area contributed by atoms with E-state index in [1.54, 1.807) is 30.1 Å². The van der Waals surface area contributed by atoms with Gasteiger partial charge in [-0.3, -0.25) is 10.1 Å². The molecule has 3 heterocycles. The Hall–Kier alpha value is -4.84. The molecule has 44 heavy (non-hydrogen) atoms. The summed E-state index contributed by atoms with van der Waals surface area (Å²) in [6, 6.07) is 13.7. The third-order valence-electron chi connectivity index (χ3n) is 8.03. The number of carbonyl (C=O) groups excluding carboxylic acids is 2. The van der Waals surface area contributed by atoms with Crippen LogP contribution >= 0.6 is 0 Å². The number of carbonyl (C=O) groups is 2. The molecule has 1 aliphatic carbocycles. The molecule has 12 heteroatoms. The van der Waals surface area contributed by atoms with Crippen LogP contribution in [0.25, 0.3) is 16.9 Å². The van der Waals surface area contributed by atoms with Crippen molar-refractivity contribution in [2.75, 3.05) is 33.2 Å². The fourth-order valence-electron chi connectivity index (χ4n) is 5.87. The van der Waals surface area contributed by atoms with Crippen LogP contribution in [0.15, 0.2) is 60.9 Å². The number of halogens is 1. The molecular weight excluding hydrogens is 565 g/mol. The van der Waals surface area contributed by atoms with E-state index >= 15 is 0 Å². The first-order valence-corrected chi connectivity index (χ1v) is 14.4. The number of para-hydroxylation sites is 1. The van der Waals surface area contributed by atoms with Crippen molar-refractivity contribution < 1.29 is 23.5 Å². The minimum absolute atomic E-state index is 0.0793. The second kappa shape index (κ2) is 13.6. The van der Waals surface area contributed by atoms with Crippen LogP contribution in [0.5, 0.6) is 5.88 Å². The Balaban J connectivity index is 1.46. The average molecular weight is 602 g/mol. The predicted molar refractivity (Wildman–Crippen MR) is 164 cm³/mol. The quantitative estimate of drug-likeness (QED) is 0.221. The Morgan fingerprint density at radius 2 is 1.89 bits per heavy atom. The molecule has 0 bridgehead atoms. The zero-order chi connectivity index (χ0) is 31.2. The SMILES string of the molecule is CNC(=O)c1cc(-c2nn(-c3ccccc3)c(NC(=O)N[C@@H]3C[C@@H](CCOC)C[C@H]3c3ccnc(F)c3)c2C)cnc1OC. The van der Waals surface area contributed by atoms with E-state index in [-0.39, 0.29) is 29.3 Å². The van der Waals surface area contributed by atoms with Crippen molar-refractivity contribution in [2.24, 2.45) is 5.92 Å². The van der Waals surface area contributed by atoms with Crippen molar-refractivity contribution in [2.45, 2.75) is 38.1 Å². The van der Waals surface area contributed by atoms with Crippen molar-refractivity contribution in [3.63, 3.8) is 0 Å². The Labute approximate surface area is 255 Å². The molecule has 0 saturated heterocycles. The maximum Gasteiger partial charge on any atom is 0.320 e. The summed E-state index contributed by atoms with van der Waals surface area (Å²) in [6.45, 7) is 2.46. The van der Waals surface area contributed by atoms with Gasteiger partial charge >= 0.3 is 6.03 Å². The minimum Gasteiger partial charge on any atom is -0.480 e. The normalized spacial score (nSPS) is 17.7. The van der Waals surface area contributed by atoms with E-state index in [0.29, 0.717) is 35.2 Å². The first-order valence-electron chi connectivity index (χ1n) is 14.4. The molecule has 1 saturated carbocycles. The molecule has 0 unspecified atom stereocenters. The van der Waals surface area contributed by atoms with Crippen molar-refractivity contribution >= 4 is 17.8 Å². The molecule has 0 radical (unpaired) electrons. The van der Waals surface area contributed by atoms with E-state index in [4.69, 9.17) is 14.6 Å². The molecule has 1 aromatic carbocycles. The summed E-state index contributed by atoms with van der Waals surface area (Å²) >= 11 is 0. The van der Waals surface area contributed by atoms with Gasteiger partial charge in [0.1, 0.15) is 11.4 Å². The fraction of sp³-hybridized carbons (Fsp3) is 0.344. The van der Waals surface area contributed by atoms with Crippen molar-refractivity contribution in [1.29, 1.82) is 0 Å². The number of hydrogen-bond acceptors (Lipinski definition) is 7. The number of pyridine rings is 2. The number of ether oxygens (including phenoxy) is 2. The van der Waals surface area contributed by atoms with Gasteiger partial charge in [0, 0.05) is 56.2 Å². The fourth-order valence-corrected chi connectivity index (χ4v) is 5.87. The number of nitrogens with one attached hydrogen (secondary N) is 3. The van der Waals surface area contributed by atoms with Crippen LogP contribution in [0.2, 0.25) is 0 Å². The van der Waals surface area contributed by atoms with E-state index in [2.05, 4.69) is 25.9 Å². The highest BCUT2D eigenvalue weighted by Gasteiger charge is 2.36. The molecule has 4 aromatic rings. The molecule has 1 fully saturated rings. The highest BCUT2D eigenvalue weighted by atomic mass is 19.1. The number of aromatic nitrogens is 4. The summed E-state index contributed by atoms with van der Waals surface area (Å²) in [5, 5.41) is 13.6. The summed E-state index contributed by atoms with van der Waals surface area (Å²) in [4.78, 5) is 34.2. The van der Waals surface area contributed by atoms with Crippen LogP contribution < -0.4 is 20.7 Å². The third-order valence-corrected chi connectivity index (χ3v) is 8.03. The van der Waals surface area contributed by atoms with Gasteiger partial charge in [-0.1, -0.05) is 18.2 Å². The molecule has 0 aliphatic heterocycles. The number of benzene rings is 1. The molecular formula is C32H36FN7O4. The zero-order valence-corrected chi connectivity index (χ0v) is 25.1. The smallest absolute Gasteiger partial charge is 0.320 e. The number of methoxy groups -OCH3 is 2. The number of nitrogens with zero attached hydrogens (tertiary/aromatic N) is 4. The standard InChI is InChI=1S/C32H36FN7O4/c1-19-28(22-16-25(30(41)34-2)31(44-4)36-18-22)39-40(23-8-6-5-7-9-23)29(19)38-32(42)37-26-15-20(11-13-43-3)14-24(26)21-10-12-35-27(33)17-21/h5-10,12,16-18,20,24,26H,11,13-15H2,1-4H3,(H,34,41)(H2,37,38,42)/t20-,24-,26+/m0/s1. The number of rotatable bonds is 10.